The van der Waals surface area contributed by atoms with E-state index in [4.69, 9.17) is 4.74 Å². The highest BCUT2D eigenvalue weighted by atomic mass is 32.2. The van der Waals surface area contributed by atoms with Crippen LogP contribution in [-0.4, -0.2) is 25.0 Å². The van der Waals surface area contributed by atoms with Crippen LogP contribution in [0.15, 0.2) is 101 Å². The van der Waals surface area contributed by atoms with E-state index in [0.29, 0.717) is 22.5 Å². The molecule has 0 bridgehead atoms. The number of carbonyl (C=O) groups excluding carboxylic acids is 1. The molecule has 0 aliphatic rings. The molecule has 0 aliphatic carbocycles. The summed E-state index contributed by atoms with van der Waals surface area (Å²) in [5.74, 6) is -0.0744. The van der Waals surface area contributed by atoms with Gasteiger partial charge in [0, 0.05) is 27.7 Å². The summed E-state index contributed by atoms with van der Waals surface area (Å²) < 4.78 is 34.0. The quantitative estimate of drug-likeness (QED) is 0.184. The first-order valence-corrected chi connectivity index (χ1v) is 12.9. The SMILES string of the molecule is CCOC(=O)/C=C/c1c(CSc2ccccc2)n(S(=O)(=O)c2ccccc2)c2ccccc12. The zero-order chi connectivity index (χ0) is 23.3. The first-order chi connectivity index (χ1) is 16.0. The number of ether oxygens (including phenoxy) is 1. The fraction of sp³-hybridized carbons (Fsp3) is 0.115. The third-order valence-corrected chi connectivity index (χ3v) is 7.83. The molecule has 1 heterocycles. The smallest absolute Gasteiger partial charge is 0.330 e. The number of esters is 1. The number of rotatable bonds is 8. The van der Waals surface area contributed by atoms with E-state index in [1.165, 1.54) is 21.8 Å². The lowest BCUT2D eigenvalue weighted by Gasteiger charge is -2.13. The normalized spacial score (nSPS) is 11.8. The van der Waals surface area contributed by atoms with E-state index in [0.717, 1.165) is 10.3 Å². The van der Waals surface area contributed by atoms with Crippen LogP contribution in [0, 0.1) is 0 Å². The lowest BCUT2D eigenvalue weighted by Crippen LogP contribution is -2.15. The Morgan fingerprint density at radius 2 is 1.58 bits per heavy atom. The van der Waals surface area contributed by atoms with Gasteiger partial charge in [0.25, 0.3) is 10.0 Å². The van der Waals surface area contributed by atoms with Crippen molar-refractivity contribution >= 4 is 44.7 Å². The average Bonchev–Trinajstić information content (AvgIpc) is 3.17. The number of fused-ring (bicyclic) bond motifs is 1. The van der Waals surface area contributed by atoms with Crippen LogP contribution in [-0.2, 0) is 25.3 Å². The maximum Gasteiger partial charge on any atom is 0.330 e. The molecule has 0 saturated carbocycles. The van der Waals surface area contributed by atoms with Crippen molar-refractivity contribution < 1.29 is 17.9 Å². The molecule has 0 radical (unpaired) electrons. The molecular weight excluding hydrogens is 454 g/mol. The molecule has 33 heavy (non-hydrogen) atoms. The van der Waals surface area contributed by atoms with Crippen LogP contribution >= 0.6 is 11.8 Å². The molecule has 0 aliphatic heterocycles. The minimum atomic E-state index is -3.88. The fourth-order valence-corrected chi connectivity index (χ4v) is 6.20. The van der Waals surface area contributed by atoms with Crippen molar-refractivity contribution in [1.82, 2.24) is 3.97 Å². The molecule has 0 saturated heterocycles. The lowest BCUT2D eigenvalue weighted by molar-refractivity contribution is -0.137. The van der Waals surface area contributed by atoms with E-state index >= 15 is 0 Å². The van der Waals surface area contributed by atoms with Crippen molar-refractivity contribution in [3.05, 3.63) is 102 Å². The Morgan fingerprint density at radius 1 is 0.939 bits per heavy atom. The predicted molar refractivity (Wildman–Crippen MR) is 133 cm³/mol. The third-order valence-electron chi connectivity index (χ3n) is 5.04. The summed E-state index contributed by atoms with van der Waals surface area (Å²) in [6.45, 7) is 2.01. The average molecular weight is 478 g/mol. The van der Waals surface area contributed by atoms with Gasteiger partial charge in [0.1, 0.15) is 0 Å². The number of carbonyl (C=O) groups is 1. The molecule has 4 aromatic rings. The maximum atomic E-state index is 13.8. The van der Waals surface area contributed by atoms with Crippen LogP contribution < -0.4 is 0 Å². The number of benzene rings is 3. The van der Waals surface area contributed by atoms with Gasteiger partial charge in [-0.15, -0.1) is 11.8 Å². The van der Waals surface area contributed by atoms with Crippen molar-refractivity contribution in [3.8, 4) is 0 Å². The molecule has 7 heteroatoms. The van der Waals surface area contributed by atoms with E-state index in [-0.39, 0.29) is 11.5 Å². The van der Waals surface area contributed by atoms with Gasteiger partial charge >= 0.3 is 5.97 Å². The van der Waals surface area contributed by atoms with Crippen LogP contribution in [0.4, 0.5) is 0 Å². The molecule has 0 amide bonds. The first kappa shape index (κ1) is 22.9. The molecule has 0 unspecified atom stereocenters. The minimum absolute atomic E-state index is 0.206. The Kier molecular flexibility index (Phi) is 7.01. The molecule has 4 rings (SSSR count). The summed E-state index contributed by atoms with van der Waals surface area (Å²) in [5, 5.41) is 0.751. The number of nitrogens with zero attached hydrogens (tertiary/aromatic N) is 1. The Labute approximate surface area is 197 Å². The second-order valence-electron chi connectivity index (χ2n) is 7.15. The van der Waals surface area contributed by atoms with Crippen molar-refractivity contribution in [2.45, 2.75) is 22.5 Å². The molecule has 3 aromatic carbocycles. The van der Waals surface area contributed by atoms with E-state index < -0.39 is 16.0 Å². The Balaban J connectivity index is 1.92. The highest BCUT2D eigenvalue weighted by Crippen LogP contribution is 2.35. The molecule has 168 valence electrons. The molecule has 1 aromatic heterocycles. The van der Waals surface area contributed by atoms with E-state index in [1.54, 1.807) is 49.4 Å². The predicted octanol–water partition coefficient (Wildman–Crippen LogP) is 5.75. The van der Waals surface area contributed by atoms with Crippen molar-refractivity contribution in [2.75, 3.05) is 6.61 Å². The minimum Gasteiger partial charge on any atom is -0.463 e. The molecule has 0 spiro atoms. The number of hydrogen-bond acceptors (Lipinski definition) is 5. The monoisotopic (exact) mass is 477 g/mol. The summed E-state index contributed by atoms with van der Waals surface area (Å²) in [4.78, 5) is 13.3. The van der Waals surface area contributed by atoms with Gasteiger partial charge in [0.2, 0.25) is 0 Å². The number of hydrogen-bond donors (Lipinski definition) is 0. The summed E-state index contributed by atoms with van der Waals surface area (Å²) in [5.41, 5.74) is 1.84. The summed E-state index contributed by atoms with van der Waals surface area (Å²) >= 11 is 1.54. The summed E-state index contributed by atoms with van der Waals surface area (Å²) in [6, 6.07) is 25.5. The highest BCUT2D eigenvalue weighted by molar-refractivity contribution is 7.98. The Bertz CT molecular complexity index is 1390. The molecular formula is C26H23NO4S2. The van der Waals surface area contributed by atoms with Gasteiger partial charge in [-0.1, -0.05) is 54.6 Å². The van der Waals surface area contributed by atoms with Crippen LogP contribution in [0.1, 0.15) is 18.2 Å². The number of para-hydroxylation sites is 1. The summed E-state index contributed by atoms with van der Waals surface area (Å²) in [7, 11) is -3.88. The Morgan fingerprint density at radius 3 is 2.27 bits per heavy atom. The maximum absolute atomic E-state index is 13.8. The number of aromatic nitrogens is 1. The number of thioether (sulfide) groups is 1. The summed E-state index contributed by atoms with van der Waals surface area (Å²) in [6.07, 6.45) is 3.00. The highest BCUT2D eigenvalue weighted by Gasteiger charge is 2.26. The second-order valence-corrected chi connectivity index (χ2v) is 9.98. The van der Waals surface area contributed by atoms with Crippen LogP contribution in [0.2, 0.25) is 0 Å². The zero-order valence-corrected chi connectivity index (χ0v) is 19.7. The second kappa shape index (κ2) is 10.1. The molecule has 0 N–H and O–H groups in total. The lowest BCUT2D eigenvalue weighted by atomic mass is 10.1. The van der Waals surface area contributed by atoms with Gasteiger partial charge < -0.3 is 4.74 Å². The van der Waals surface area contributed by atoms with E-state index in [1.807, 2.05) is 48.5 Å². The third kappa shape index (κ3) is 4.89. The van der Waals surface area contributed by atoms with Crippen LogP contribution in [0.5, 0.6) is 0 Å². The zero-order valence-electron chi connectivity index (χ0n) is 18.0. The van der Waals surface area contributed by atoms with Crippen molar-refractivity contribution in [3.63, 3.8) is 0 Å². The largest absolute Gasteiger partial charge is 0.463 e. The molecule has 5 nitrogen and oxygen atoms in total. The van der Waals surface area contributed by atoms with Gasteiger partial charge in [-0.05, 0) is 43.3 Å². The van der Waals surface area contributed by atoms with E-state index in [9.17, 15) is 13.2 Å². The fourth-order valence-electron chi connectivity index (χ4n) is 3.59. The topological polar surface area (TPSA) is 65.4 Å². The molecule has 0 atom stereocenters. The van der Waals surface area contributed by atoms with Crippen LogP contribution in [0.3, 0.4) is 0 Å². The van der Waals surface area contributed by atoms with Crippen LogP contribution in [0.25, 0.3) is 17.0 Å². The van der Waals surface area contributed by atoms with Crippen molar-refractivity contribution in [2.24, 2.45) is 0 Å². The van der Waals surface area contributed by atoms with E-state index in [2.05, 4.69) is 0 Å². The van der Waals surface area contributed by atoms with Gasteiger partial charge in [0.05, 0.1) is 22.7 Å². The van der Waals surface area contributed by atoms with Gasteiger partial charge in [0.15, 0.2) is 0 Å². The van der Waals surface area contributed by atoms with Gasteiger partial charge in [-0.25, -0.2) is 17.2 Å². The van der Waals surface area contributed by atoms with Gasteiger partial charge in [-0.3, -0.25) is 0 Å². The van der Waals surface area contributed by atoms with Gasteiger partial charge in [-0.2, -0.15) is 0 Å². The van der Waals surface area contributed by atoms with Crippen molar-refractivity contribution in [1.29, 1.82) is 0 Å². The Hall–Kier alpha value is -3.29. The molecule has 0 fully saturated rings. The standard InChI is InChI=1S/C26H23NO4S2/c1-2-31-26(28)18-17-23-22-15-9-10-16-24(22)27(33(29,30)21-13-7-4-8-14-21)25(23)19-32-20-11-5-3-6-12-20/h3-18H,2,19H2,1H3/b18-17+. The first-order valence-electron chi connectivity index (χ1n) is 10.5.